The zero-order valence-corrected chi connectivity index (χ0v) is 15.3. The van der Waals surface area contributed by atoms with Gasteiger partial charge in [0.2, 0.25) is 0 Å². The molecule has 0 aliphatic carbocycles. The van der Waals surface area contributed by atoms with Crippen molar-refractivity contribution in [3.8, 4) is 5.75 Å². The Balaban J connectivity index is 1.93. The van der Waals surface area contributed by atoms with Gasteiger partial charge in [-0.25, -0.2) is 12.8 Å². The zero-order valence-electron chi connectivity index (χ0n) is 14.5. The number of nitrogens with one attached hydrogen (secondary N) is 1. The first-order valence-corrected chi connectivity index (χ1v) is 9.65. The summed E-state index contributed by atoms with van der Waals surface area (Å²) < 4.78 is 46.5. The number of anilines is 1. The van der Waals surface area contributed by atoms with E-state index in [-0.39, 0.29) is 22.1 Å². The van der Waals surface area contributed by atoms with Gasteiger partial charge in [-0.1, -0.05) is 0 Å². The van der Waals surface area contributed by atoms with Crippen molar-refractivity contribution in [2.75, 3.05) is 24.4 Å². The molecule has 1 amide bonds. The number of halogens is 1. The van der Waals surface area contributed by atoms with Crippen LogP contribution in [0, 0.1) is 12.7 Å². The van der Waals surface area contributed by atoms with Gasteiger partial charge in [-0.2, -0.15) is 0 Å². The molecule has 8 heteroatoms. The molecule has 1 aliphatic heterocycles. The van der Waals surface area contributed by atoms with E-state index < -0.39 is 15.8 Å². The second kappa shape index (κ2) is 6.95. The van der Waals surface area contributed by atoms with E-state index in [1.807, 2.05) is 6.92 Å². The Bertz CT molecular complexity index is 960. The highest BCUT2D eigenvalue weighted by molar-refractivity contribution is 7.92. The molecule has 0 spiro atoms. The SMILES string of the molecule is CCN1CCOc2ccc(NS(=O)(=O)c3ccc(F)c(C)c3)cc2C1=O. The molecular formula is C18H19FN2O4S. The Kier molecular flexibility index (Phi) is 4.86. The summed E-state index contributed by atoms with van der Waals surface area (Å²) in [6, 6.07) is 8.12. The van der Waals surface area contributed by atoms with Crippen LogP contribution in [0.4, 0.5) is 10.1 Å². The second-order valence-electron chi connectivity index (χ2n) is 5.96. The van der Waals surface area contributed by atoms with E-state index in [9.17, 15) is 17.6 Å². The van der Waals surface area contributed by atoms with Crippen LogP contribution in [0.3, 0.4) is 0 Å². The molecule has 0 aromatic heterocycles. The molecule has 6 nitrogen and oxygen atoms in total. The minimum Gasteiger partial charge on any atom is -0.491 e. The van der Waals surface area contributed by atoms with Crippen LogP contribution in [-0.4, -0.2) is 38.9 Å². The molecule has 0 unspecified atom stereocenters. The molecule has 0 bridgehead atoms. The van der Waals surface area contributed by atoms with E-state index in [1.54, 1.807) is 11.0 Å². The molecule has 1 N–H and O–H groups in total. The predicted molar refractivity (Wildman–Crippen MR) is 95.5 cm³/mol. The number of hydrogen-bond acceptors (Lipinski definition) is 4. The van der Waals surface area contributed by atoms with Crippen molar-refractivity contribution in [3.05, 3.63) is 53.3 Å². The molecule has 1 heterocycles. The minimum absolute atomic E-state index is 0.0518. The third-order valence-electron chi connectivity index (χ3n) is 4.19. The maximum absolute atomic E-state index is 13.4. The van der Waals surface area contributed by atoms with E-state index in [4.69, 9.17) is 4.74 Å². The number of fused-ring (bicyclic) bond motifs is 1. The van der Waals surface area contributed by atoms with Gasteiger partial charge < -0.3 is 9.64 Å². The highest BCUT2D eigenvalue weighted by Crippen LogP contribution is 2.28. The van der Waals surface area contributed by atoms with Crippen LogP contribution in [0.25, 0.3) is 0 Å². The zero-order chi connectivity index (χ0) is 18.9. The average Bonchev–Trinajstić information content (AvgIpc) is 2.76. The second-order valence-corrected chi connectivity index (χ2v) is 7.64. The summed E-state index contributed by atoms with van der Waals surface area (Å²) in [5.74, 6) is -0.262. The molecule has 1 aliphatic rings. The van der Waals surface area contributed by atoms with E-state index in [0.29, 0.717) is 31.0 Å². The Hall–Kier alpha value is -2.61. The van der Waals surface area contributed by atoms with Crippen molar-refractivity contribution in [2.45, 2.75) is 18.7 Å². The molecule has 0 fully saturated rings. The number of benzene rings is 2. The van der Waals surface area contributed by atoms with Crippen molar-refractivity contribution in [1.29, 1.82) is 0 Å². The molecule has 0 radical (unpaired) electrons. The number of sulfonamides is 1. The molecule has 0 saturated carbocycles. The van der Waals surface area contributed by atoms with Gasteiger partial charge in [0.15, 0.2) is 0 Å². The van der Waals surface area contributed by atoms with Crippen molar-refractivity contribution in [1.82, 2.24) is 4.90 Å². The Morgan fingerprint density at radius 1 is 1.23 bits per heavy atom. The topological polar surface area (TPSA) is 75.7 Å². The van der Waals surface area contributed by atoms with Gasteiger partial charge in [0.1, 0.15) is 18.2 Å². The maximum atomic E-state index is 13.4. The van der Waals surface area contributed by atoms with Gasteiger partial charge in [-0.15, -0.1) is 0 Å². The maximum Gasteiger partial charge on any atom is 0.261 e. The molecule has 0 atom stereocenters. The Morgan fingerprint density at radius 3 is 2.69 bits per heavy atom. The van der Waals surface area contributed by atoms with E-state index in [2.05, 4.69) is 4.72 Å². The quantitative estimate of drug-likeness (QED) is 0.888. The first-order chi connectivity index (χ1) is 12.3. The molecule has 138 valence electrons. The highest BCUT2D eigenvalue weighted by Gasteiger charge is 2.24. The van der Waals surface area contributed by atoms with Gasteiger partial charge in [-0.05, 0) is 55.8 Å². The van der Waals surface area contributed by atoms with Crippen LogP contribution in [0.1, 0.15) is 22.8 Å². The smallest absolute Gasteiger partial charge is 0.261 e. The van der Waals surface area contributed by atoms with Crippen LogP contribution < -0.4 is 9.46 Å². The number of hydrogen-bond donors (Lipinski definition) is 1. The summed E-state index contributed by atoms with van der Waals surface area (Å²) in [4.78, 5) is 14.1. The standard InChI is InChI=1S/C18H19FN2O4S/c1-3-21-8-9-25-17-7-4-13(11-15(17)18(21)22)20-26(23,24)14-5-6-16(19)12(2)10-14/h4-7,10-11,20H,3,8-9H2,1-2H3. The van der Waals surface area contributed by atoms with Gasteiger partial charge in [0.05, 0.1) is 17.0 Å². The lowest BCUT2D eigenvalue weighted by Gasteiger charge is -2.17. The first-order valence-electron chi connectivity index (χ1n) is 8.17. The van der Waals surface area contributed by atoms with Crippen molar-refractivity contribution in [2.24, 2.45) is 0 Å². The fourth-order valence-corrected chi connectivity index (χ4v) is 3.86. The normalized spacial score (nSPS) is 14.4. The lowest BCUT2D eigenvalue weighted by Crippen LogP contribution is -2.32. The number of likely N-dealkylation sites (N-methyl/N-ethyl adjacent to an activating group) is 1. The molecule has 0 saturated heterocycles. The number of ether oxygens (including phenoxy) is 1. The minimum atomic E-state index is -3.91. The number of carbonyl (C=O) groups excluding carboxylic acids is 1. The molecular weight excluding hydrogens is 359 g/mol. The fraction of sp³-hybridized carbons (Fsp3) is 0.278. The third kappa shape index (κ3) is 3.50. The molecule has 26 heavy (non-hydrogen) atoms. The van der Waals surface area contributed by atoms with E-state index >= 15 is 0 Å². The van der Waals surface area contributed by atoms with Crippen LogP contribution in [0.2, 0.25) is 0 Å². The lowest BCUT2D eigenvalue weighted by atomic mass is 10.1. The molecule has 2 aromatic carbocycles. The van der Waals surface area contributed by atoms with Crippen LogP contribution >= 0.6 is 0 Å². The summed E-state index contributed by atoms with van der Waals surface area (Å²) in [5.41, 5.74) is 0.775. The van der Waals surface area contributed by atoms with Crippen molar-refractivity contribution < 1.29 is 22.3 Å². The monoisotopic (exact) mass is 378 g/mol. The Morgan fingerprint density at radius 2 is 2.00 bits per heavy atom. The summed E-state index contributed by atoms with van der Waals surface area (Å²) in [7, 11) is -3.91. The summed E-state index contributed by atoms with van der Waals surface area (Å²) in [5, 5.41) is 0. The van der Waals surface area contributed by atoms with Gasteiger partial charge in [0, 0.05) is 12.2 Å². The number of nitrogens with zero attached hydrogens (tertiary/aromatic N) is 1. The van der Waals surface area contributed by atoms with Crippen molar-refractivity contribution in [3.63, 3.8) is 0 Å². The van der Waals surface area contributed by atoms with Gasteiger partial charge in [-0.3, -0.25) is 9.52 Å². The lowest BCUT2D eigenvalue weighted by molar-refractivity contribution is 0.0765. The van der Waals surface area contributed by atoms with Crippen LogP contribution in [-0.2, 0) is 10.0 Å². The Labute approximate surface area is 151 Å². The average molecular weight is 378 g/mol. The molecule has 2 aromatic rings. The summed E-state index contributed by atoms with van der Waals surface area (Å²) in [6.07, 6.45) is 0. The first kappa shape index (κ1) is 18.2. The van der Waals surface area contributed by atoms with Crippen LogP contribution in [0.15, 0.2) is 41.3 Å². The summed E-state index contributed by atoms with van der Waals surface area (Å²) in [6.45, 7) is 4.75. The molecule has 3 rings (SSSR count). The van der Waals surface area contributed by atoms with Gasteiger partial charge >= 0.3 is 0 Å². The predicted octanol–water partition coefficient (Wildman–Crippen LogP) is 2.79. The largest absolute Gasteiger partial charge is 0.491 e. The number of aryl methyl sites for hydroxylation is 1. The number of carbonyl (C=O) groups is 1. The highest BCUT2D eigenvalue weighted by atomic mass is 32.2. The number of amides is 1. The van der Waals surface area contributed by atoms with Crippen molar-refractivity contribution >= 4 is 21.6 Å². The number of rotatable bonds is 4. The third-order valence-corrected chi connectivity index (χ3v) is 5.57. The summed E-state index contributed by atoms with van der Waals surface area (Å²) >= 11 is 0. The van der Waals surface area contributed by atoms with Gasteiger partial charge in [0.25, 0.3) is 15.9 Å². The van der Waals surface area contributed by atoms with Crippen LogP contribution in [0.5, 0.6) is 5.75 Å². The fourth-order valence-electron chi connectivity index (χ4n) is 2.72. The van der Waals surface area contributed by atoms with E-state index in [0.717, 1.165) is 6.07 Å². The van der Waals surface area contributed by atoms with E-state index in [1.165, 1.54) is 31.2 Å².